The van der Waals surface area contributed by atoms with Crippen LogP contribution in [0.15, 0.2) is 78.9 Å². The molecule has 3 aromatic rings. The highest BCUT2D eigenvalue weighted by atomic mass is 16.5. The molecule has 5 rings (SSSR count). The van der Waals surface area contributed by atoms with Gasteiger partial charge in [0, 0.05) is 19.0 Å². The lowest BCUT2D eigenvalue weighted by Crippen LogP contribution is -2.45. The van der Waals surface area contributed by atoms with E-state index in [9.17, 15) is 4.79 Å². The van der Waals surface area contributed by atoms with E-state index in [4.69, 9.17) is 9.47 Å². The summed E-state index contributed by atoms with van der Waals surface area (Å²) >= 11 is 0. The number of hydrogen-bond acceptors (Lipinski definition) is 4. The summed E-state index contributed by atoms with van der Waals surface area (Å²) in [7, 11) is 1.51. The number of carbonyl (C=O) groups is 1. The molecule has 2 atom stereocenters. The van der Waals surface area contributed by atoms with E-state index in [1.54, 1.807) is 0 Å². The molecule has 0 bridgehead atoms. The number of rotatable bonds is 7. The van der Waals surface area contributed by atoms with Crippen LogP contribution in [-0.4, -0.2) is 25.7 Å². The van der Waals surface area contributed by atoms with Gasteiger partial charge in [0.2, 0.25) is 0 Å². The summed E-state index contributed by atoms with van der Waals surface area (Å²) in [6.07, 6.45) is 3.92. The normalized spacial score (nSPS) is 19.7. The summed E-state index contributed by atoms with van der Waals surface area (Å²) in [4.78, 5) is 13.6. The second-order valence-electron chi connectivity index (χ2n) is 9.16. The first kappa shape index (κ1) is 21.7. The van der Waals surface area contributed by atoms with Crippen LogP contribution in [0.4, 0.5) is 0 Å². The fourth-order valence-corrected chi connectivity index (χ4v) is 5.78. The molecular formula is C29H31NO3. The van der Waals surface area contributed by atoms with E-state index in [-0.39, 0.29) is 11.9 Å². The summed E-state index contributed by atoms with van der Waals surface area (Å²) in [6.45, 7) is 1.61. The van der Waals surface area contributed by atoms with Crippen molar-refractivity contribution in [1.82, 2.24) is 5.32 Å². The Morgan fingerprint density at radius 3 is 2.36 bits per heavy atom. The summed E-state index contributed by atoms with van der Waals surface area (Å²) < 4.78 is 11.1. The number of carbonyl (C=O) groups excluding carboxylic acids is 1. The van der Waals surface area contributed by atoms with Gasteiger partial charge in [-0.05, 0) is 53.5 Å². The van der Waals surface area contributed by atoms with Gasteiger partial charge in [0.05, 0.1) is 13.7 Å². The molecule has 1 unspecified atom stereocenters. The van der Waals surface area contributed by atoms with Gasteiger partial charge in [-0.3, -0.25) is 4.79 Å². The Kier molecular flexibility index (Phi) is 6.19. The maximum absolute atomic E-state index is 13.6. The molecule has 1 heterocycles. The van der Waals surface area contributed by atoms with Crippen LogP contribution in [0.5, 0.6) is 5.75 Å². The van der Waals surface area contributed by atoms with Crippen LogP contribution in [0.3, 0.4) is 0 Å². The van der Waals surface area contributed by atoms with E-state index in [0.717, 1.165) is 55.7 Å². The summed E-state index contributed by atoms with van der Waals surface area (Å²) in [6, 6.07) is 27.2. The lowest BCUT2D eigenvalue weighted by molar-refractivity contribution is -0.148. The predicted molar refractivity (Wildman–Crippen MR) is 129 cm³/mol. The molecule has 3 aromatic carbocycles. The summed E-state index contributed by atoms with van der Waals surface area (Å²) in [5.41, 5.74) is 3.79. The van der Waals surface area contributed by atoms with Crippen LogP contribution >= 0.6 is 0 Å². The lowest BCUT2D eigenvalue weighted by atomic mass is 9.65. The van der Waals surface area contributed by atoms with Crippen molar-refractivity contribution in [2.75, 3.05) is 13.7 Å². The third-order valence-electron chi connectivity index (χ3n) is 7.36. The molecule has 0 amide bonds. The SMILES string of the molecule is COC(=O)C(c1ccccc1)(c1ccccc1)[C@@H]1CCC(NCc2ccc3c(c2)CCO3)C1. The minimum absolute atomic E-state index is 0.153. The Labute approximate surface area is 195 Å². The van der Waals surface area contributed by atoms with Crippen LogP contribution in [0.2, 0.25) is 0 Å². The van der Waals surface area contributed by atoms with Crippen LogP contribution < -0.4 is 10.1 Å². The van der Waals surface area contributed by atoms with Gasteiger partial charge in [-0.1, -0.05) is 72.8 Å². The van der Waals surface area contributed by atoms with Crippen molar-refractivity contribution in [3.05, 3.63) is 101 Å². The highest BCUT2D eigenvalue weighted by Gasteiger charge is 2.51. The smallest absolute Gasteiger partial charge is 0.321 e. The van der Waals surface area contributed by atoms with Crippen molar-refractivity contribution in [3.63, 3.8) is 0 Å². The fraction of sp³-hybridized carbons (Fsp3) is 0.345. The fourth-order valence-electron chi connectivity index (χ4n) is 5.78. The van der Waals surface area contributed by atoms with E-state index >= 15 is 0 Å². The molecule has 1 saturated carbocycles. The third-order valence-corrected chi connectivity index (χ3v) is 7.36. The zero-order valence-electron chi connectivity index (χ0n) is 19.1. The molecule has 0 aromatic heterocycles. The van der Waals surface area contributed by atoms with E-state index in [1.165, 1.54) is 18.2 Å². The van der Waals surface area contributed by atoms with E-state index in [1.807, 2.05) is 36.4 Å². The first-order valence-corrected chi connectivity index (χ1v) is 11.9. The minimum atomic E-state index is -0.807. The van der Waals surface area contributed by atoms with Gasteiger partial charge in [-0.15, -0.1) is 0 Å². The van der Waals surface area contributed by atoms with Crippen molar-refractivity contribution >= 4 is 5.97 Å². The molecule has 1 aliphatic carbocycles. The molecule has 4 heteroatoms. The van der Waals surface area contributed by atoms with Crippen LogP contribution in [-0.2, 0) is 27.9 Å². The molecule has 33 heavy (non-hydrogen) atoms. The topological polar surface area (TPSA) is 47.6 Å². The van der Waals surface area contributed by atoms with Crippen molar-refractivity contribution < 1.29 is 14.3 Å². The first-order chi connectivity index (χ1) is 16.2. The van der Waals surface area contributed by atoms with Gasteiger partial charge in [-0.25, -0.2) is 0 Å². The molecule has 1 N–H and O–H groups in total. The second kappa shape index (κ2) is 9.40. The second-order valence-corrected chi connectivity index (χ2v) is 9.16. The van der Waals surface area contributed by atoms with Crippen molar-refractivity contribution in [2.24, 2.45) is 5.92 Å². The van der Waals surface area contributed by atoms with E-state index in [0.29, 0.717) is 6.04 Å². The molecule has 0 radical (unpaired) electrons. The molecule has 0 saturated heterocycles. The van der Waals surface area contributed by atoms with Gasteiger partial charge in [-0.2, -0.15) is 0 Å². The Balaban J connectivity index is 1.40. The Bertz CT molecular complexity index is 1060. The van der Waals surface area contributed by atoms with Gasteiger partial charge in [0.1, 0.15) is 11.2 Å². The van der Waals surface area contributed by atoms with Crippen LogP contribution in [0, 0.1) is 5.92 Å². The molecule has 0 spiro atoms. The maximum Gasteiger partial charge on any atom is 0.321 e. The van der Waals surface area contributed by atoms with Crippen LogP contribution in [0.1, 0.15) is 41.5 Å². The Morgan fingerprint density at radius 1 is 1.00 bits per heavy atom. The number of benzene rings is 3. The van der Waals surface area contributed by atoms with Crippen molar-refractivity contribution in [3.8, 4) is 5.75 Å². The third kappa shape index (κ3) is 4.04. The highest BCUT2D eigenvalue weighted by Crippen LogP contribution is 2.48. The Morgan fingerprint density at radius 2 is 1.70 bits per heavy atom. The van der Waals surface area contributed by atoms with Gasteiger partial charge in [0.25, 0.3) is 0 Å². The summed E-state index contributed by atoms with van der Waals surface area (Å²) in [5.74, 6) is 0.998. The van der Waals surface area contributed by atoms with Gasteiger partial charge in [0.15, 0.2) is 0 Å². The molecule has 170 valence electrons. The number of fused-ring (bicyclic) bond motifs is 1. The lowest BCUT2D eigenvalue weighted by Gasteiger charge is -2.38. The van der Waals surface area contributed by atoms with Crippen molar-refractivity contribution in [2.45, 2.75) is 43.7 Å². The van der Waals surface area contributed by atoms with Gasteiger partial charge < -0.3 is 14.8 Å². The number of methoxy groups -OCH3 is 1. The number of nitrogens with one attached hydrogen (secondary N) is 1. The van der Waals surface area contributed by atoms with Gasteiger partial charge >= 0.3 is 5.97 Å². The van der Waals surface area contributed by atoms with E-state index in [2.05, 4.69) is 47.8 Å². The zero-order chi connectivity index (χ0) is 22.7. The number of esters is 1. The number of ether oxygens (including phenoxy) is 2. The monoisotopic (exact) mass is 441 g/mol. The molecule has 2 aliphatic rings. The van der Waals surface area contributed by atoms with Crippen molar-refractivity contribution in [1.29, 1.82) is 0 Å². The largest absolute Gasteiger partial charge is 0.493 e. The first-order valence-electron chi connectivity index (χ1n) is 11.9. The standard InChI is InChI=1S/C29H31NO3/c1-32-28(31)29(23-8-4-2-5-9-23,24-10-6-3-7-11-24)25-13-14-26(19-25)30-20-21-12-15-27-22(18-21)16-17-33-27/h2-12,15,18,25-26,30H,13-14,16-17,19-20H2,1H3/t25-,26?/m1/s1. The summed E-state index contributed by atoms with van der Waals surface area (Å²) in [5, 5.41) is 3.76. The Hall–Kier alpha value is -3.11. The number of hydrogen-bond donors (Lipinski definition) is 1. The average molecular weight is 442 g/mol. The van der Waals surface area contributed by atoms with E-state index < -0.39 is 5.41 Å². The molecule has 1 aliphatic heterocycles. The van der Waals surface area contributed by atoms with Crippen LogP contribution in [0.25, 0.3) is 0 Å². The minimum Gasteiger partial charge on any atom is -0.493 e. The highest BCUT2D eigenvalue weighted by molar-refractivity contribution is 5.88. The average Bonchev–Trinajstić information content (AvgIpc) is 3.54. The molecular weight excluding hydrogens is 410 g/mol. The maximum atomic E-state index is 13.6. The zero-order valence-corrected chi connectivity index (χ0v) is 19.1. The molecule has 4 nitrogen and oxygen atoms in total. The quantitative estimate of drug-likeness (QED) is 0.522. The molecule has 1 fully saturated rings. The predicted octanol–water partition coefficient (Wildman–Crippen LogP) is 5.04.